The van der Waals surface area contributed by atoms with Crippen LogP contribution >= 0.6 is 11.8 Å². The molecule has 0 amide bonds. The van der Waals surface area contributed by atoms with Crippen molar-refractivity contribution in [3.8, 4) is 5.75 Å². The Labute approximate surface area is 122 Å². The molecule has 1 aliphatic rings. The zero-order valence-corrected chi connectivity index (χ0v) is 12.5. The second kappa shape index (κ2) is 6.95. The number of nitrogens with two attached hydrogens (primary N) is 1. The van der Waals surface area contributed by atoms with Gasteiger partial charge in [0.15, 0.2) is 12.0 Å². The van der Waals surface area contributed by atoms with Gasteiger partial charge in [0.05, 0.1) is 6.61 Å². The quantitative estimate of drug-likeness (QED) is 0.686. The maximum atomic E-state index is 13.6. The van der Waals surface area contributed by atoms with E-state index in [1.54, 1.807) is 0 Å². The molecule has 0 atom stereocenters. The minimum absolute atomic E-state index is 0.202. The fraction of sp³-hybridized carbons (Fsp3) is 0.500. The van der Waals surface area contributed by atoms with Crippen LogP contribution in [0, 0.1) is 11.7 Å². The Morgan fingerprint density at radius 1 is 1.50 bits per heavy atom. The zero-order valence-electron chi connectivity index (χ0n) is 11.7. The van der Waals surface area contributed by atoms with Crippen molar-refractivity contribution in [1.29, 1.82) is 0 Å². The number of halogens is 1. The number of hydrogen-bond donors (Lipinski definition) is 1. The molecule has 1 aromatic rings. The van der Waals surface area contributed by atoms with Gasteiger partial charge in [-0.05, 0) is 18.1 Å². The number of rotatable bonds is 4. The minimum atomic E-state index is -0.286. The molecule has 2 rings (SSSR count). The smallest absolute Gasteiger partial charge is 0.189 e. The molecular weight excluding hydrogens is 279 g/mol. The standard InChI is InChI=1S/C14H19FN2O2S/c1-9(2)5-17-14(16)20-7-11-4-12(15)3-10-6-18-8-19-13(10)11/h3-4,9H,5-8H2,1-2H3,(H2,16,17). The Morgan fingerprint density at radius 2 is 2.30 bits per heavy atom. The van der Waals surface area contributed by atoms with E-state index >= 15 is 0 Å². The van der Waals surface area contributed by atoms with Crippen LogP contribution < -0.4 is 10.5 Å². The predicted molar refractivity (Wildman–Crippen MR) is 79.3 cm³/mol. The van der Waals surface area contributed by atoms with Crippen molar-refractivity contribution in [3.05, 3.63) is 29.1 Å². The van der Waals surface area contributed by atoms with Crippen molar-refractivity contribution in [2.75, 3.05) is 13.3 Å². The van der Waals surface area contributed by atoms with Crippen LogP contribution in [0.15, 0.2) is 17.1 Å². The van der Waals surface area contributed by atoms with E-state index in [9.17, 15) is 4.39 Å². The first-order valence-corrected chi connectivity index (χ1v) is 7.49. The second-order valence-electron chi connectivity index (χ2n) is 5.03. The topological polar surface area (TPSA) is 56.8 Å². The van der Waals surface area contributed by atoms with Gasteiger partial charge in [-0.15, -0.1) is 0 Å². The first-order valence-electron chi connectivity index (χ1n) is 6.51. The summed E-state index contributed by atoms with van der Waals surface area (Å²) in [5.41, 5.74) is 7.37. The van der Waals surface area contributed by atoms with Crippen LogP contribution in [0.2, 0.25) is 0 Å². The van der Waals surface area contributed by atoms with Gasteiger partial charge in [-0.25, -0.2) is 4.39 Å². The van der Waals surface area contributed by atoms with Crippen LogP contribution in [0.25, 0.3) is 0 Å². The molecule has 0 unspecified atom stereocenters. The summed E-state index contributed by atoms with van der Waals surface area (Å²) in [6, 6.07) is 2.92. The van der Waals surface area contributed by atoms with Gasteiger partial charge in [0.25, 0.3) is 0 Å². The van der Waals surface area contributed by atoms with Gasteiger partial charge in [-0.1, -0.05) is 25.6 Å². The molecule has 2 N–H and O–H groups in total. The van der Waals surface area contributed by atoms with Crippen LogP contribution in [0.3, 0.4) is 0 Å². The van der Waals surface area contributed by atoms with E-state index in [0.29, 0.717) is 35.7 Å². The molecule has 1 aromatic carbocycles. The average molecular weight is 298 g/mol. The highest BCUT2D eigenvalue weighted by Crippen LogP contribution is 2.31. The summed E-state index contributed by atoms with van der Waals surface area (Å²) < 4.78 is 24.2. The number of ether oxygens (including phenoxy) is 2. The molecule has 1 aliphatic heterocycles. The highest BCUT2D eigenvalue weighted by molar-refractivity contribution is 8.13. The number of thioether (sulfide) groups is 1. The van der Waals surface area contributed by atoms with E-state index in [1.165, 1.54) is 23.9 Å². The van der Waals surface area contributed by atoms with Crippen LogP contribution in [0.1, 0.15) is 25.0 Å². The van der Waals surface area contributed by atoms with E-state index in [2.05, 4.69) is 18.8 Å². The third-order valence-corrected chi connectivity index (χ3v) is 3.62. The van der Waals surface area contributed by atoms with E-state index in [1.807, 2.05) is 0 Å². The number of amidine groups is 1. The SMILES string of the molecule is CC(C)CN=C(N)SCc1cc(F)cc2c1OCOC2. The Kier molecular flexibility index (Phi) is 5.25. The van der Waals surface area contributed by atoms with Gasteiger partial charge in [0.2, 0.25) is 0 Å². The predicted octanol–water partition coefficient (Wildman–Crippen LogP) is 2.90. The molecule has 0 bridgehead atoms. The molecule has 1 heterocycles. The molecule has 6 heteroatoms. The minimum Gasteiger partial charge on any atom is -0.467 e. The van der Waals surface area contributed by atoms with Crippen molar-refractivity contribution in [2.24, 2.45) is 16.6 Å². The third-order valence-electron chi connectivity index (χ3n) is 2.74. The summed E-state index contributed by atoms with van der Waals surface area (Å²) >= 11 is 1.39. The molecular formula is C14H19FN2O2S. The number of fused-ring (bicyclic) bond motifs is 1. The summed E-state index contributed by atoms with van der Waals surface area (Å²) in [6.07, 6.45) is 0. The monoisotopic (exact) mass is 298 g/mol. The highest BCUT2D eigenvalue weighted by atomic mass is 32.2. The number of hydrogen-bond acceptors (Lipinski definition) is 4. The van der Waals surface area contributed by atoms with Crippen molar-refractivity contribution in [1.82, 2.24) is 0 Å². The highest BCUT2D eigenvalue weighted by Gasteiger charge is 2.17. The fourth-order valence-electron chi connectivity index (χ4n) is 1.83. The third kappa shape index (κ3) is 4.11. The fourth-order valence-corrected chi connectivity index (χ4v) is 2.52. The molecule has 0 aliphatic carbocycles. The molecule has 20 heavy (non-hydrogen) atoms. The van der Waals surface area contributed by atoms with Gasteiger partial charge in [-0.2, -0.15) is 0 Å². The average Bonchev–Trinajstić information content (AvgIpc) is 2.42. The van der Waals surface area contributed by atoms with Crippen molar-refractivity contribution in [2.45, 2.75) is 26.2 Å². The zero-order chi connectivity index (χ0) is 14.5. The second-order valence-corrected chi connectivity index (χ2v) is 6.02. The molecule has 0 aromatic heterocycles. The first-order chi connectivity index (χ1) is 9.56. The van der Waals surface area contributed by atoms with E-state index in [-0.39, 0.29) is 12.6 Å². The van der Waals surface area contributed by atoms with Crippen LogP contribution in [0.5, 0.6) is 5.75 Å². The first kappa shape index (κ1) is 15.1. The van der Waals surface area contributed by atoms with Crippen LogP contribution in [-0.2, 0) is 17.1 Å². The Morgan fingerprint density at radius 3 is 3.05 bits per heavy atom. The van der Waals surface area contributed by atoms with Gasteiger partial charge in [0, 0.05) is 23.4 Å². The van der Waals surface area contributed by atoms with E-state index in [4.69, 9.17) is 15.2 Å². The lowest BCUT2D eigenvalue weighted by Crippen LogP contribution is -2.14. The van der Waals surface area contributed by atoms with Crippen molar-refractivity contribution >= 4 is 16.9 Å². The normalized spacial score (nSPS) is 15.1. The Hall–Kier alpha value is -1.27. The van der Waals surface area contributed by atoms with Crippen LogP contribution in [-0.4, -0.2) is 18.5 Å². The molecule has 110 valence electrons. The largest absolute Gasteiger partial charge is 0.467 e. The van der Waals surface area contributed by atoms with E-state index in [0.717, 1.165) is 11.1 Å². The van der Waals surface area contributed by atoms with Gasteiger partial charge < -0.3 is 15.2 Å². The van der Waals surface area contributed by atoms with Crippen molar-refractivity contribution in [3.63, 3.8) is 0 Å². The summed E-state index contributed by atoms with van der Waals surface area (Å²) in [6.45, 7) is 5.44. The molecule has 0 saturated heterocycles. The molecule has 4 nitrogen and oxygen atoms in total. The maximum Gasteiger partial charge on any atom is 0.189 e. The van der Waals surface area contributed by atoms with E-state index < -0.39 is 0 Å². The lowest BCUT2D eigenvalue weighted by molar-refractivity contribution is -0.0171. The van der Waals surface area contributed by atoms with Gasteiger partial charge in [0.1, 0.15) is 11.6 Å². The Balaban J connectivity index is 2.06. The maximum absolute atomic E-state index is 13.6. The summed E-state index contributed by atoms with van der Waals surface area (Å²) in [4.78, 5) is 4.27. The van der Waals surface area contributed by atoms with Gasteiger partial charge >= 0.3 is 0 Å². The molecule has 0 saturated carbocycles. The molecule has 0 fully saturated rings. The Bertz CT molecular complexity index is 506. The lowest BCUT2D eigenvalue weighted by Gasteiger charge is -2.20. The summed E-state index contributed by atoms with van der Waals surface area (Å²) in [7, 11) is 0. The van der Waals surface area contributed by atoms with Crippen molar-refractivity contribution < 1.29 is 13.9 Å². The van der Waals surface area contributed by atoms with Gasteiger partial charge in [-0.3, -0.25) is 4.99 Å². The molecule has 0 radical (unpaired) electrons. The summed E-state index contributed by atoms with van der Waals surface area (Å²) in [5, 5.41) is 0.517. The summed E-state index contributed by atoms with van der Waals surface area (Å²) in [5.74, 6) is 1.43. The lowest BCUT2D eigenvalue weighted by atomic mass is 10.1. The number of aliphatic imine (C=N–C) groups is 1. The number of nitrogens with zero attached hydrogens (tertiary/aromatic N) is 1. The molecule has 0 spiro atoms. The number of benzene rings is 1. The van der Waals surface area contributed by atoms with Crippen LogP contribution in [0.4, 0.5) is 4.39 Å².